The Morgan fingerprint density at radius 3 is 2.79 bits per heavy atom. The zero-order chi connectivity index (χ0) is 10.6. The summed E-state index contributed by atoms with van der Waals surface area (Å²) in [7, 11) is 0. The van der Waals surface area contributed by atoms with Gasteiger partial charge in [0.1, 0.15) is 5.82 Å². The van der Waals surface area contributed by atoms with Crippen LogP contribution in [0.1, 0.15) is 30.1 Å². The molecule has 0 amide bonds. The Kier molecular flexibility index (Phi) is 3.57. The SMILES string of the molecule is C=C(CC)CC(=O)c1cccc(F)c1. The van der Waals surface area contributed by atoms with Crippen molar-refractivity contribution in [1.82, 2.24) is 0 Å². The fourth-order valence-corrected chi connectivity index (χ4v) is 1.12. The Balaban J connectivity index is 2.75. The number of Topliss-reactive ketones (excluding diaryl/α,β-unsaturated/α-hetero) is 1. The highest BCUT2D eigenvalue weighted by molar-refractivity contribution is 5.97. The molecule has 1 aromatic carbocycles. The topological polar surface area (TPSA) is 17.1 Å². The van der Waals surface area contributed by atoms with Crippen LogP contribution in [0.2, 0.25) is 0 Å². The van der Waals surface area contributed by atoms with Crippen LogP contribution in [-0.2, 0) is 0 Å². The lowest BCUT2D eigenvalue weighted by atomic mass is 10.0. The molecule has 0 atom stereocenters. The van der Waals surface area contributed by atoms with E-state index >= 15 is 0 Å². The van der Waals surface area contributed by atoms with Crippen LogP contribution in [0.3, 0.4) is 0 Å². The Labute approximate surface area is 83.3 Å². The zero-order valence-corrected chi connectivity index (χ0v) is 8.22. The first kappa shape index (κ1) is 10.6. The molecule has 0 aliphatic heterocycles. The van der Waals surface area contributed by atoms with Gasteiger partial charge < -0.3 is 0 Å². The van der Waals surface area contributed by atoms with E-state index in [0.717, 1.165) is 12.0 Å². The molecule has 0 aliphatic rings. The van der Waals surface area contributed by atoms with E-state index < -0.39 is 0 Å². The van der Waals surface area contributed by atoms with E-state index in [1.54, 1.807) is 6.07 Å². The summed E-state index contributed by atoms with van der Waals surface area (Å²) in [5, 5.41) is 0. The predicted octanol–water partition coefficient (Wildman–Crippen LogP) is 3.36. The highest BCUT2D eigenvalue weighted by Gasteiger charge is 2.07. The fraction of sp³-hybridized carbons (Fsp3) is 0.250. The van der Waals surface area contributed by atoms with Gasteiger partial charge in [-0.2, -0.15) is 0 Å². The third-order valence-electron chi connectivity index (χ3n) is 2.06. The van der Waals surface area contributed by atoms with Crippen LogP contribution in [0.4, 0.5) is 4.39 Å². The van der Waals surface area contributed by atoms with E-state index in [-0.39, 0.29) is 11.6 Å². The van der Waals surface area contributed by atoms with Crippen molar-refractivity contribution in [2.75, 3.05) is 0 Å². The number of allylic oxidation sites excluding steroid dienone is 1. The average Bonchev–Trinajstić information content (AvgIpc) is 2.17. The molecular weight excluding hydrogens is 179 g/mol. The molecule has 0 saturated carbocycles. The summed E-state index contributed by atoms with van der Waals surface area (Å²) < 4.78 is 12.8. The van der Waals surface area contributed by atoms with Gasteiger partial charge in [0, 0.05) is 12.0 Å². The largest absolute Gasteiger partial charge is 0.294 e. The van der Waals surface area contributed by atoms with Crippen LogP contribution in [0.15, 0.2) is 36.4 Å². The molecule has 1 rings (SSSR count). The summed E-state index contributed by atoms with van der Waals surface area (Å²) in [6, 6.07) is 5.74. The number of hydrogen-bond donors (Lipinski definition) is 0. The van der Waals surface area contributed by atoms with Crippen molar-refractivity contribution in [2.24, 2.45) is 0 Å². The molecule has 1 nitrogen and oxygen atoms in total. The van der Waals surface area contributed by atoms with Crippen LogP contribution in [0.5, 0.6) is 0 Å². The molecule has 0 N–H and O–H groups in total. The van der Waals surface area contributed by atoms with Gasteiger partial charge in [0.25, 0.3) is 0 Å². The first-order valence-electron chi connectivity index (χ1n) is 4.59. The maximum Gasteiger partial charge on any atom is 0.166 e. The second-order valence-electron chi connectivity index (χ2n) is 3.21. The Morgan fingerprint density at radius 2 is 2.21 bits per heavy atom. The lowest BCUT2D eigenvalue weighted by molar-refractivity contribution is 0.0992. The number of rotatable bonds is 4. The summed E-state index contributed by atoms with van der Waals surface area (Å²) in [6.45, 7) is 5.69. The van der Waals surface area contributed by atoms with Crippen molar-refractivity contribution < 1.29 is 9.18 Å². The van der Waals surface area contributed by atoms with Gasteiger partial charge in [0.05, 0.1) is 0 Å². The van der Waals surface area contributed by atoms with Crippen molar-refractivity contribution >= 4 is 5.78 Å². The molecule has 0 radical (unpaired) electrons. The highest BCUT2D eigenvalue weighted by atomic mass is 19.1. The first-order chi connectivity index (χ1) is 6.63. The summed E-state index contributed by atoms with van der Waals surface area (Å²) in [5.74, 6) is -0.450. The van der Waals surface area contributed by atoms with E-state index in [0.29, 0.717) is 12.0 Å². The zero-order valence-electron chi connectivity index (χ0n) is 8.22. The quantitative estimate of drug-likeness (QED) is 0.528. The Morgan fingerprint density at radius 1 is 1.50 bits per heavy atom. The normalized spacial score (nSPS) is 9.86. The summed E-state index contributed by atoms with van der Waals surface area (Å²) in [6.07, 6.45) is 1.08. The second kappa shape index (κ2) is 4.70. The predicted molar refractivity (Wildman–Crippen MR) is 54.8 cm³/mol. The summed E-state index contributed by atoms with van der Waals surface area (Å²) >= 11 is 0. The number of carbonyl (C=O) groups is 1. The fourth-order valence-electron chi connectivity index (χ4n) is 1.12. The van der Waals surface area contributed by atoms with Crippen LogP contribution in [-0.4, -0.2) is 5.78 Å². The smallest absolute Gasteiger partial charge is 0.166 e. The molecule has 2 heteroatoms. The van der Waals surface area contributed by atoms with Crippen LogP contribution in [0.25, 0.3) is 0 Å². The van der Waals surface area contributed by atoms with Gasteiger partial charge in [-0.25, -0.2) is 4.39 Å². The molecule has 0 bridgehead atoms. The standard InChI is InChI=1S/C12H13FO/c1-3-9(2)7-12(14)10-5-4-6-11(13)8-10/h4-6,8H,2-3,7H2,1H3. The maximum absolute atomic E-state index is 12.8. The van der Waals surface area contributed by atoms with Crippen LogP contribution < -0.4 is 0 Å². The summed E-state index contributed by atoms with van der Waals surface area (Å²) in [5.41, 5.74) is 1.29. The third-order valence-corrected chi connectivity index (χ3v) is 2.06. The lowest BCUT2D eigenvalue weighted by Gasteiger charge is -2.01. The number of carbonyl (C=O) groups excluding carboxylic acids is 1. The molecule has 0 heterocycles. The Bertz CT molecular complexity index is 355. The van der Waals surface area contributed by atoms with Gasteiger partial charge >= 0.3 is 0 Å². The van der Waals surface area contributed by atoms with E-state index in [4.69, 9.17) is 0 Å². The van der Waals surface area contributed by atoms with Gasteiger partial charge in [-0.05, 0) is 18.6 Å². The van der Waals surface area contributed by atoms with Crippen molar-refractivity contribution in [3.05, 3.63) is 47.8 Å². The van der Waals surface area contributed by atoms with E-state index in [2.05, 4.69) is 6.58 Å². The molecule has 0 aliphatic carbocycles. The van der Waals surface area contributed by atoms with Crippen LogP contribution >= 0.6 is 0 Å². The van der Waals surface area contributed by atoms with Crippen molar-refractivity contribution in [1.29, 1.82) is 0 Å². The van der Waals surface area contributed by atoms with Crippen molar-refractivity contribution in [3.63, 3.8) is 0 Å². The van der Waals surface area contributed by atoms with Gasteiger partial charge in [-0.1, -0.05) is 31.2 Å². The van der Waals surface area contributed by atoms with Gasteiger partial charge in [-0.3, -0.25) is 4.79 Å². The van der Waals surface area contributed by atoms with Gasteiger partial charge in [0.15, 0.2) is 5.78 Å². The molecule has 0 spiro atoms. The molecule has 0 saturated heterocycles. The van der Waals surface area contributed by atoms with Crippen LogP contribution in [0, 0.1) is 5.82 Å². The highest BCUT2D eigenvalue weighted by Crippen LogP contribution is 2.11. The average molecular weight is 192 g/mol. The van der Waals surface area contributed by atoms with E-state index in [1.807, 2.05) is 6.92 Å². The summed E-state index contributed by atoms with van der Waals surface area (Å²) in [4.78, 5) is 11.5. The molecule has 74 valence electrons. The monoisotopic (exact) mass is 192 g/mol. The third kappa shape index (κ3) is 2.80. The van der Waals surface area contributed by atoms with Gasteiger partial charge in [-0.15, -0.1) is 0 Å². The molecule has 0 fully saturated rings. The van der Waals surface area contributed by atoms with Crippen molar-refractivity contribution in [3.8, 4) is 0 Å². The molecule has 1 aromatic rings. The van der Waals surface area contributed by atoms with E-state index in [9.17, 15) is 9.18 Å². The minimum atomic E-state index is -0.377. The number of benzene rings is 1. The Hall–Kier alpha value is -1.44. The number of halogens is 1. The molecule has 0 aromatic heterocycles. The molecule has 0 unspecified atom stereocenters. The first-order valence-corrected chi connectivity index (χ1v) is 4.59. The maximum atomic E-state index is 12.8. The second-order valence-corrected chi connectivity index (χ2v) is 3.21. The van der Waals surface area contributed by atoms with Crippen molar-refractivity contribution in [2.45, 2.75) is 19.8 Å². The number of ketones is 1. The molecular formula is C12H13FO. The van der Waals surface area contributed by atoms with Gasteiger partial charge in [0.2, 0.25) is 0 Å². The molecule has 14 heavy (non-hydrogen) atoms. The van der Waals surface area contributed by atoms with E-state index in [1.165, 1.54) is 18.2 Å². The number of hydrogen-bond acceptors (Lipinski definition) is 1. The lowest BCUT2D eigenvalue weighted by Crippen LogP contribution is -2.00. The minimum Gasteiger partial charge on any atom is -0.294 e. The minimum absolute atomic E-state index is 0.0728.